The molecular weight excluding hydrogens is 343 g/mol. The van der Waals surface area contributed by atoms with Gasteiger partial charge in [0.1, 0.15) is 0 Å². The van der Waals surface area contributed by atoms with E-state index in [4.69, 9.17) is 5.73 Å². The van der Waals surface area contributed by atoms with E-state index in [-0.39, 0.29) is 17.6 Å². The number of benzene rings is 1. The SMILES string of the molecule is CC(C(=O)N1CCCC1)c1ccc(N)c(O)c1I. The van der Waals surface area contributed by atoms with Crippen LogP contribution in [0.15, 0.2) is 12.1 Å². The zero-order valence-corrected chi connectivity index (χ0v) is 12.5. The van der Waals surface area contributed by atoms with E-state index in [0.717, 1.165) is 31.5 Å². The number of rotatable bonds is 2. The number of phenols is 1. The number of nitrogen functional groups attached to an aromatic ring is 1. The molecule has 0 aromatic heterocycles. The monoisotopic (exact) mass is 360 g/mol. The van der Waals surface area contributed by atoms with Crippen LogP contribution in [-0.4, -0.2) is 29.0 Å². The van der Waals surface area contributed by atoms with Crippen LogP contribution in [0.4, 0.5) is 5.69 Å². The minimum atomic E-state index is -0.235. The van der Waals surface area contributed by atoms with Crippen molar-refractivity contribution in [1.29, 1.82) is 0 Å². The van der Waals surface area contributed by atoms with Crippen LogP contribution in [0, 0.1) is 3.57 Å². The zero-order valence-electron chi connectivity index (χ0n) is 10.3. The molecule has 1 saturated heterocycles. The van der Waals surface area contributed by atoms with E-state index >= 15 is 0 Å². The lowest BCUT2D eigenvalue weighted by molar-refractivity contribution is -0.131. The van der Waals surface area contributed by atoms with Crippen LogP contribution >= 0.6 is 22.6 Å². The molecule has 4 nitrogen and oxygen atoms in total. The lowest BCUT2D eigenvalue weighted by Crippen LogP contribution is -2.31. The first kappa shape index (κ1) is 13.5. The summed E-state index contributed by atoms with van der Waals surface area (Å²) in [6, 6.07) is 3.48. The van der Waals surface area contributed by atoms with Crippen molar-refractivity contribution in [2.24, 2.45) is 0 Å². The summed E-state index contributed by atoms with van der Waals surface area (Å²) in [6.45, 7) is 3.58. The molecule has 1 aromatic rings. The molecule has 1 heterocycles. The summed E-state index contributed by atoms with van der Waals surface area (Å²) < 4.78 is 0.674. The summed E-state index contributed by atoms with van der Waals surface area (Å²) >= 11 is 2.04. The highest BCUT2D eigenvalue weighted by molar-refractivity contribution is 14.1. The highest BCUT2D eigenvalue weighted by Gasteiger charge is 2.26. The largest absolute Gasteiger partial charge is 0.505 e. The van der Waals surface area contributed by atoms with Gasteiger partial charge in [0.15, 0.2) is 5.75 Å². The second-order valence-electron chi connectivity index (χ2n) is 4.66. The Morgan fingerprint density at radius 3 is 2.67 bits per heavy atom. The topological polar surface area (TPSA) is 66.6 Å². The highest BCUT2D eigenvalue weighted by atomic mass is 127. The number of amides is 1. The van der Waals surface area contributed by atoms with Crippen LogP contribution in [0.5, 0.6) is 5.75 Å². The third kappa shape index (κ3) is 2.41. The van der Waals surface area contributed by atoms with E-state index in [2.05, 4.69) is 0 Å². The number of aromatic hydroxyl groups is 1. The summed E-state index contributed by atoms with van der Waals surface area (Å²) in [7, 11) is 0. The van der Waals surface area contributed by atoms with Crippen molar-refractivity contribution in [1.82, 2.24) is 4.90 Å². The lowest BCUT2D eigenvalue weighted by Gasteiger charge is -2.21. The van der Waals surface area contributed by atoms with Gasteiger partial charge in [-0.25, -0.2) is 0 Å². The van der Waals surface area contributed by atoms with Gasteiger partial charge in [-0.1, -0.05) is 6.07 Å². The number of anilines is 1. The Bertz CT molecular complexity index is 470. The van der Waals surface area contributed by atoms with Crippen molar-refractivity contribution in [3.63, 3.8) is 0 Å². The van der Waals surface area contributed by atoms with Crippen molar-refractivity contribution in [2.75, 3.05) is 18.8 Å². The van der Waals surface area contributed by atoms with Gasteiger partial charge in [-0.3, -0.25) is 4.79 Å². The summed E-state index contributed by atoms with van der Waals surface area (Å²) in [4.78, 5) is 14.2. The van der Waals surface area contributed by atoms with Gasteiger partial charge < -0.3 is 15.7 Å². The molecule has 3 N–H and O–H groups in total. The van der Waals surface area contributed by atoms with E-state index in [9.17, 15) is 9.90 Å². The molecule has 2 rings (SSSR count). The zero-order chi connectivity index (χ0) is 13.3. The maximum atomic E-state index is 12.3. The predicted molar refractivity (Wildman–Crippen MR) is 79.5 cm³/mol. The van der Waals surface area contributed by atoms with Gasteiger partial charge in [-0.15, -0.1) is 0 Å². The number of halogens is 1. The number of nitrogens with two attached hydrogens (primary N) is 1. The molecule has 1 fully saturated rings. The van der Waals surface area contributed by atoms with E-state index < -0.39 is 0 Å². The standard InChI is InChI=1S/C13H17IN2O2/c1-8(13(18)16-6-2-3-7-16)9-4-5-10(15)12(17)11(9)14/h4-5,8,17H,2-3,6-7,15H2,1H3. The maximum absolute atomic E-state index is 12.3. The highest BCUT2D eigenvalue weighted by Crippen LogP contribution is 2.34. The van der Waals surface area contributed by atoms with Crippen molar-refractivity contribution in [3.05, 3.63) is 21.3 Å². The number of carbonyl (C=O) groups is 1. The van der Waals surface area contributed by atoms with Crippen molar-refractivity contribution >= 4 is 34.2 Å². The average molecular weight is 360 g/mol. The molecule has 5 heteroatoms. The molecule has 1 aliphatic heterocycles. The molecule has 1 amide bonds. The minimum absolute atomic E-state index is 0.0779. The Balaban J connectivity index is 2.25. The molecule has 0 aliphatic carbocycles. The van der Waals surface area contributed by atoms with Crippen LogP contribution in [0.2, 0.25) is 0 Å². The van der Waals surface area contributed by atoms with Gasteiger partial charge in [0.2, 0.25) is 5.91 Å². The lowest BCUT2D eigenvalue weighted by atomic mass is 9.99. The number of likely N-dealkylation sites (tertiary alicyclic amines) is 1. The summed E-state index contributed by atoms with van der Waals surface area (Å²) in [6.07, 6.45) is 2.17. The van der Waals surface area contributed by atoms with Gasteiger partial charge in [0.25, 0.3) is 0 Å². The van der Waals surface area contributed by atoms with E-state index in [1.807, 2.05) is 40.5 Å². The van der Waals surface area contributed by atoms with Crippen molar-refractivity contribution < 1.29 is 9.90 Å². The fourth-order valence-electron chi connectivity index (χ4n) is 2.27. The second kappa shape index (κ2) is 5.34. The first-order valence-corrected chi connectivity index (χ1v) is 7.16. The van der Waals surface area contributed by atoms with E-state index in [1.54, 1.807) is 6.07 Å². The number of hydrogen-bond acceptors (Lipinski definition) is 3. The quantitative estimate of drug-likeness (QED) is 0.483. The first-order chi connectivity index (χ1) is 8.52. The predicted octanol–water partition coefficient (Wildman–Crippen LogP) is 2.30. The fraction of sp³-hybridized carbons (Fsp3) is 0.462. The Kier molecular flexibility index (Phi) is 3.99. The molecule has 98 valence electrons. The smallest absolute Gasteiger partial charge is 0.229 e. The molecule has 0 radical (unpaired) electrons. The van der Waals surface area contributed by atoms with Crippen molar-refractivity contribution in [3.8, 4) is 5.75 Å². The van der Waals surface area contributed by atoms with Crippen LogP contribution in [-0.2, 0) is 4.79 Å². The van der Waals surface area contributed by atoms with E-state index in [1.165, 1.54) is 0 Å². The number of hydrogen-bond donors (Lipinski definition) is 2. The molecule has 1 atom stereocenters. The van der Waals surface area contributed by atoms with Gasteiger partial charge in [0.05, 0.1) is 15.2 Å². The Labute approximate surface area is 120 Å². The Morgan fingerprint density at radius 1 is 1.44 bits per heavy atom. The van der Waals surface area contributed by atoms with Gasteiger partial charge in [0, 0.05) is 13.1 Å². The minimum Gasteiger partial charge on any atom is -0.505 e. The third-order valence-corrected chi connectivity index (χ3v) is 4.57. The van der Waals surface area contributed by atoms with E-state index in [0.29, 0.717) is 9.26 Å². The molecule has 0 spiro atoms. The normalized spacial score (nSPS) is 16.9. The van der Waals surface area contributed by atoms with Crippen LogP contribution < -0.4 is 5.73 Å². The molecule has 1 unspecified atom stereocenters. The van der Waals surface area contributed by atoms with Crippen molar-refractivity contribution in [2.45, 2.75) is 25.7 Å². The maximum Gasteiger partial charge on any atom is 0.229 e. The van der Waals surface area contributed by atoms with Crippen LogP contribution in [0.1, 0.15) is 31.2 Å². The fourth-order valence-corrected chi connectivity index (χ4v) is 3.23. The number of phenolic OH excluding ortho intramolecular Hbond substituents is 1. The number of carbonyl (C=O) groups excluding carboxylic acids is 1. The molecule has 1 aliphatic rings. The summed E-state index contributed by atoms with van der Waals surface area (Å²) in [5, 5.41) is 9.83. The molecular formula is C13H17IN2O2. The van der Waals surface area contributed by atoms with Crippen LogP contribution in [0.25, 0.3) is 0 Å². The molecule has 0 bridgehead atoms. The molecule has 18 heavy (non-hydrogen) atoms. The third-order valence-electron chi connectivity index (χ3n) is 3.43. The molecule has 0 saturated carbocycles. The van der Waals surface area contributed by atoms with Gasteiger partial charge in [-0.2, -0.15) is 0 Å². The number of nitrogens with zero attached hydrogens (tertiary/aromatic N) is 1. The Morgan fingerprint density at radius 2 is 2.06 bits per heavy atom. The van der Waals surface area contributed by atoms with Gasteiger partial charge in [-0.05, 0) is 54.0 Å². The van der Waals surface area contributed by atoms with Gasteiger partial charge >= 0.3 is 0 Å². The Hall–Kier alpha value is -0.980. The molecule has 1 aromatic carbocycles. The summed E-state index contributed by atoms with van der Waals surface area (Å²) in [5.74, 6) is -0.0229. The second-order valence-corrected chi connectivity index (χ2v) is 5.74. The summed E-state index contributed by atoms with van der Waals surface area (Å²) in [5.41, 5.74) is 6.84. The van der Waals surface area contributed by atoms with Crippen LogP contribution in [0.3, 0.4) is 0 Å². The average Bonchev–Trinajstić information content (AvgIpc) is 2.88. The first-order valence-electron chi connectivity index (χ1n) is 6.08.